The zero-order chi connectivity index (χ0) is 13.1. The molecule has 0 saturated heterocycles. The van der Waals surface area contributed by atoms with E-state index in [1.165, 1.54) is 4.68 Å². The molecule has 2 aromatic rings. The standard InChI is InChI=1S/C13H13BrN2O2/c1-3-18-12-11(14)8-15-16(13(12)17)10-6-4-9(2)5-7-10/h4-8H,3H2,1-2H3. The van der Waals surface area contributed by atoms with Crippen molar-refractivity contribution in [2.45, 2.75) is 13.8 Å². The number of hydrogen-bond acceptors (Lipinski definition) is 3. The number of hydrogen-bond donors (Lipinski definition) is 0. The molecule has 0 aliphatic heterocycles. The van der Waals surface area contributed by atoms with Gasteiger partial charge in [-0.3, -0.25) is 4.79 Å². The highest BCUT2D eigenvalue weighted by molar-refractivity contribution is 9.10. The summed E-state index contributed by atoms with van der Waals surface area (Å²) >= 11 is 3.27. The molecule has 1 aromatic carbocycles. The van der Waals surface area contributed by atoms with Crippen LogP contribution in [0.5, 0.6) is 5.75 Å². The lowest BCUT2D eigenvalue weighted by atomic mass is 10.2. The third-order valence-corrected chi connectivity index (χ3v) is 3.02. The molecule has 0 radical (unpaired) electrons. The fourth-order valence-electron chi connectivity index (χ4n) is 1.56. The average molecular weight is 309 g/mol. The Morgan fingerprint density at radius 1 is 1.33 bits per heavy atom. The first kappa shape index (κ1) is 12.8. The minimum absolute atomic E-state index is 0.268. The van der Waals surface area contributed by atoms with E-state index in [-0.39, 0.29) is 11.3 Å². The molecule has 0 aliphatic carbocycles. The normalized spacial score (nSPS) is 10.4. The molecular weight excluding hydrogens is 296 g/mol. The minimum Gasteiger partial charge on any atom is -0.487 e. The maximum Gasteiger partial charge on any atom is 0.314 e. The lowest BCUT2D eigenvalue weighted by Gasteiger charge is -2.09. The minimum atomic E-state index is -0.268. The van der Waals surface area contributed by atoms with E-state index in [0.29, 0.717) is 11.1 Å². The fraction of sp³-hybridized carbons (Fsp3) is 0.231. The van der Waals surface area contributed by atoms with Crippen molar-refractivity contribution in [2.24, 2.45) is 0 Å². The van der Waals surface area contributed by atoms with Gasteiger partial charge in [0.15, 0.2) is 0 Å². The molecule has 1 aromatic heterocycles. The van der Waals surface area contributed by atoms with Crippen molar-refractivity contribution < 1.29 is 4.74 Å². The van der Waals surface area contributed by atoms with Gasteiger partial charge in [0, 0.05) is 0 Å². The Morgan fingerprint density at radius 2 is 2.00 bits per heavy atom. The zero-order valence-corrected chi connectivity index (χ0v) is 11.8. The molecular formula is C13H13BrN2O2. The lowest BCUT2D eigenvalue weighted by molar-refractivity contribution is 0.330. The molecule has 0 bridgehead atoms. The van der Waals surface area contributed by atoms with E-state index in [9.17, 15) is 4.79 Å². The van der Waals surface area contributed by atoms with Crippen LogP contribution in [0.2, 0.25) is 0 Å². The highest BCUT2D eigenvalue weighted by Crippen LogP contribution is 2.19. The maximum absolute atomic E-state index is 12.2. The molecule has 0 aliphatic rings. The Hall–Kier alpha value is -1.62. The molecule has 0 spiro atoms. The van der Waals surface area contributed by atoms with E-state index in [0.717, 1.165) is 11.3 Å². The highest BCUT2D eigenvalue weighted by Gasteiger charge is 2.11. The van der Waals surface area contributed by atoms with Gasteiger partial charge >= 0.3 is 5.56 Å². The SMILES string of the molecule is CCOc1c(Br)cnn(-c2ccc(C)cc2)c1=O. The molecule has 0 atom stereocenters. The van der Waals surface area contributed by atoms with E-state index < -0.39 is 0 Å². The van der Waals surface area contributed by atoms with Crippen molar-refractivity contribution in [3.05, 3.63) is 50.9 Å². The monoisotopic (exact) mass is 308 g/mol. The maximum atomic E-state index is 12.2. The number of benzene rings is 1. The van der Waals surface area contributed by atoms with E-state index in [1.54, 1.807) is 6.20 Å². The smallest absolute Gasteiger partial charge is 0.314 e. The molecule has 0 amide bonds. The first-order chi connectivity index (χ1) is 8.63. The summed E-state index contributed by atoms with van der Waals surface area (Å²) in [5.74, 6) is 0.285. The van der Waals surface area contributed by atoms with Crippen molar-refractivity contribution >= 4 is 15.9 Å². The van der Waals surface area contributed by atoms with Crippen molar-refractivity contribution in [1.29, 1.82) is 0 Å². The molecule has 18 heavy (non-hydrogen) atoms. The first-order valence-electron chi connectivity index (χ1n) is 5.61. The molecule has 0 N–H and O–H groups in total. The van der Waals surface area contributed by atoms with Gasteiger partial charge in [-0.1, -0.05) is 17.7 Å². The quantitative estimate of drug-likeness (QED) is 0.875. The van der Waals surface area contributed by atoms with Gasteiger partial charge < -0.3 is 4.74 Å². The number of rotatable bonds is 3. The molecule has 0 saturated carbocycles. The third kappa shape index (κ3) is 2.46. The van der Waals surface area contributed by atoms with Crippen LogP contribution in [0.25, 0.3) is 5.69 Å². The summed E-state index contributed by atoms with van der Waals surface area (Å²) in [6, 6.07) is 7.58. The Balaban J connectivity index is 2.55. The largest absolute Gasteiger partial charge is 0.487 e. The first-order valence-corrected chi connectivity index (χ1v) is 6.40. The second-order valence-corrected chi connectivity index (χ2v) is 4.66. The lowest BCUT2D eigenvalue weighted by Crippen LogP contribution is -2.23. The van der Waals surface area contributed by atoms with Crippen LogP contribution in [0.4, 0.5) is 0 Å². The van der Waals surface area contributed by atoms with Crippen LogP contribution in [0, 0.1) is 6.92 Å². The van der Waals surface area contributed by atoms with E-state index in [4.69, 9.17) is 4.74 Å². The summed E-state index contributed by atoms with van der Waals surface area (Å²) in [6.45, 7) is 4.27. The van der Waals surface area contributed by atoms with Crippen LogP contribution in [0.15, 0.2) is 39.7 Å². The number of halogens is 1. The van der Waals surface area contributed by atoms with Crippen molar-refractivity contribution in [1.82, 2.24) is 9.78 Å². The number of ether oxygens (including phenoxy) is 1. The Labute approximate surface area is 113 Å². The van der Waals surface area contributed by atoms with Gasteiger partial charge in [0.05, 0.1) is 23.0 Å². The van der Waals surface area contributed by atoms with E-state index >= 15 is 0 Å². The van der Waals surface area contributed by atoms with Crippen molar-refractivity contribution in [3.63, 3.8) is 0 Å². The summed E-state index contributed by atoms with van der Waals surface area (Å²) in [7, 11) is 0. The van der Waals surface area contributed by atoms with Gasteiger partial charge in [0.25, 0.3) is 0 Å². The summed E-state index contributed by atoms with van der Waals surface area (Å²) in [5, 5.41) is 4.10. The van der Waals surface area contributed by atoms with Gasteiger partial charge in [-0.25, -0.2) is 0 Å². The number of aromatic nitrogens is 2. The Kier molecular flexibility index (Phi) is 3.81. The summed E-state index contributed by atoms with van der Waals surface area (Å²) in [5.41, 5.74) is 1.59. The molecule has 4 nitrogen and oxygen atoms in total. The third-order valence-electron chi connectivity index (χ3n) is 2.46. The van der Waals surface area contributed by atoms with Crippen LogP contribution in [-0.4, -0.2) is 16.4 Å². The average Bonchev–Trinajstić information content (AvgIpc) is 2.36. The van der Waals surface area contributed by atoms with Crippen molar-refractivity contribution in [3.8, 4) is 11.4 Å². The summed E-state index contributed by atoms with van der Waals surface area (Å²) in [4.78, 5) is 12.2. The van der Waals surface area contributed by atoms with Crippen LogP contribution in [0.3, 0.4) is 0 Å². The Morgan fingerprint density at radius 3 is 2.61 bits per heavy atom. The molecule has 0 fully saturated rings. The number of nitrogens with zero attached hydrogens (tertiary/aromatic N) is 2. The number of aryl methyl sites for hydroxylation is 1. The predicted octanol–water partition coefficient (Wildman–Crippen LogP) is 2.70. The van der Waals surface area contributed by atoms with Crippen molar-refractivity contribution in [2.75, 3.05) is 6.61 Å². The molecule has 5 heteroatoms. The zero-order valence-electron chi connectivity index (χ0n) is 10.2. The van der Waals surface area contributed by atoms with E-state index in [2.05, 4.69) is 21.0 Å². The van der Waals surface area contributed by atoms with Gasteiger partial charge in [0.1, 0.15) is 0 Å². The van der Waals surface area contributed by atoms with E-state index in [1.807, 2.05) is 38.1 Å². The molecule has 2 rings (SSSR count). The molecule has 1 heterocycles. The van der Waals surface area contributed by atoms with Gasteiger partial charge in [-0.2, -0.15) is 9.78 Å². The predicted molar refractivity (Wildman–Crippen MR) is 73.4 cm³/mol. The second kappa shape index (κ2) is 5.35. The Bertz CT molecular complexity index is 605. The van der Waals surface area contributed by atoms with Gasteiger partial charge in [0.2, 0.25) is 5.75 Å². The second-order valence-electron chi connectivity index (χ2n) is 3.81. The summed E-state index contributed by atoms with van der Waals surface area (Å²) in [6.07, 6.45) is 1.56. The fourth-order valence-corrected chi connectivity index (χ4v) is 1.94. The van der Waals surface area contributed by atoms with Crippen LogP contribution < -0.4 is 10.3 Å². The van der Waals surface area contributed by atoms with Crippen LogP contribution >= 0.6 is 15.9 Å². The molecule has 0 unspecified atom stereocenters. The highest BCUT2D eigenvalue weighted by atomic mass is 79.9. The van der Waals surface area contributed by atoms with Crippen LogP contribution in [-0.2, 0) is 0 Å². The van der Waals surface area contributed by atoms with Crippen LogP contribution in [0.1, 0.15) is 12.5 Å². The topological polar surface area (TPSA) is 44.1 Å². The molecule has 94 valence electrons. The summed E-state index contributed by atoms with van der Waals surface area (Å²) < 4.78 is 7.23. The van der Waals surface area contributed by atoms with Gasteiger partial charge in [-0.15, -0.1) is 0 Å². The van der Waals surface area contributed by atoms with Gasteiger partial charge in [-0.05, 0) is 41.9 Å².